The molecule has 1 aromatic heterocycles. The molecule has 1 heterocycles. The summed E-state index contributed by atoms with van der Waals surface area (Å²) in [5.41, 5.74) is 2.85. The minimum atomic E-state index is -1.04. The van der Waals surface area contributed by atoms with Crippen LogP contribution in [0.5, 0.6) is 11.5 Å². The number of nitrogens with zero attached hydrogens (tertiary/aromatic N) is 3. The van der Waals surface area contributed by atoms with E-state index in [2.05, 4.69) is 15.3 Å². The third-order valence-electron chi connectivity index (χ3n) is 4.54. The van der Waals surface area contributed by atoms with Gasteiger partial charge in [0.1, 0.15) is 11.8 Å². The van der Waals surface area contributed by atoms with E-state index in [0.717, 1.165) is 25.0 Å². The zero-order valence-corrected chi connectivity index (χ0v) is 19.4. The van der Waals surface area contributed by atoms with Gasteiger partial charge in [-0.05, 0) is 44.4 Å². The van der Waals surface area contributed by atoms with Gasteiger partial charge in [-0.25, -0.2) is 4.79 Å². The number of hydrogen-bond donors (Lipinski definition) is 2. The highest BCUT2D eigenvalue weighted by molar-refractivity contribution is 6.47. The number of benzene rings is 1. The van der Waals surface area contributed by atoms with Crippen molar-refractivity contribution in [2.45, 2.75) is 26.2 Å². The van der Waals surface area contributed by atoms with Crippen molar-refractivity contribution < 1.29 is 19.1 Å². The maximum absolute atomic E-state index is 12.2. The number of anilines is 1. The van der Waals surface area contributed by atoms with Gasteiger partial charge in [0.25, 0.3) is 11.5 Å². The van der Waals surface area contributed by atoms with Gasteiger partial charge in [-0.1, -0.05) is 29.3 Å². The number of imide groups is 1. The average Bonchev–Trinajstić information content (AvgIpc) is 3.32. The molecular weight excluding hydrogens is 485 g/mol. The number of nitrogens with one attached hydrogen (secondary N) is 2. The second-order valence-electron chi connectivity index (χ2n) is 6.89. The predicted octanol–water partition coefficient (Wildman–Crippen LogP) is 4.54. The molecule has 0 atom stereocenters. The van der Waals surface area contributed by atoms with Crippen molar-refractivity contribution in [3.8, 4) is 17.6 Å². The average molecular weight is 504 g/mol. The summed E-state index contributed by atoms with van der Waals surface area (Å²) in [6.45, 7) is 1.62. The molecule has 10 nitrogen and oxygen atoms in total. The first-order valence-corrected chi connectivity index (χ1v) is 10.9. The van der Waals surface area contributed by atoms with Crippen molar-refractivity contribution in [1.29, 1.82) is 5.26 Å². The van der Waals surface area contributed by atoms with Gasteiger partial charge in [0.2, 0.25) is 5.71 Å². The van der Waals surface area contributed by atoms with Crippen LogP contribution in [0.15, 0.2) is 46.4 Å². The summed E-state index contributed by atoms with van der Waals surface area (Å²) in [5, 5.41) is 14.9. The molecular formula is C22H19Cl2N5O5. The van der Waals surface area contributed by atoms with Crippen LogP contribution < -0.4 is 21.0 Å². The van der Waals surface area contributed by atoms with E-state index in [4.69, 9.17) is 33.2 Å². The Morgan fingerprint density at radius 2 is 2.00 bits per heavy atom. The van der Waals surface area contributed by atoms with Gasteiger partial charge in [-0.15, -0.1) is 0 Å². The topological polar surface area (TPSA) is 135 Å². The number of rotatable bonds is 7. The zero-order valence-electron chi connectivity index (χ0n) is 17.9. The fraction of sp³-hybridized carbons (Fsp3) is 0.227. The minimum absolute atomic E-state index is 0.0563. The highest BCUT2D eigenvalue weighted by Crippen LogP contribution is 2.39. The lowest BCUT2D eigenvalue weighted by molar-refractivity contribution is -0.114. The van der Waals surface area contributed by atoms with Crippen molar-refractivity contribution in [2.24, 2.45) is 5.10 Å². The number of aromatic nitrogens is 1. The van der Waals surface area contributed by atoms with Crippen LogP contribution in [-0.4, -0.2) is 28.9 Å². The van der Waals surface area contributed by atoms with Crippen molar-refractivity contribution in [3.05, 3.63) is 56.9 Å². The van der Waals surface area contributed by atoms with E-state index < -0.39 is 17.7 Å². The van der Waals surface area contributed by atoms with Crippen molar-refractivity contribution >= 4 is 52.3 Å². The van der Waals surface area contributed by atoms with Crippen molar-refractivity contribution in [2.75, 3.05) is 12.0 Å². The number of alkyl carbamates (subject to hydrolysis) is 1. The van der Waals surface area contributed by atoms with Crippen LogP contribution in [0.1, 0.15) is 26.2 Å². The number of hydrazone groups is 1. The SMILES string of the molecule is CCOC(=O)NC(=O)/C(C#N)=N/Nc1cc(Cl)c(Oc2ccc(=O)n(C3=CCCC3)c2)c(Cl)c1. The summed E-state index contributed by atoms with van der Waals surface area (Å²) >= 11 is 12.6. The van der Waals surface area contributed by atoms with Crippen molar-refractivity contribution in [3.63, 3.8) is 0 Å². The first kappa shape index (κ1) is 24.8. The first-order valence-electron chi connectivity index (χ1n) is 10.1. The number of hydrogen-bond acceptors (Lipinski definition) is 8. The highest BCUT2D eigenvalue weighted by Gasteiger charge is 2.17. The molecule has 2 amide bonds. The van der Waals surface area contributed by atoms with Crippen LogP contribution in [0, 0.1) is 11.3 Å². The lowest BCUT2D eigenvalue weighted by Crippen LogP contribution is -2.36. The Kier molecular flexibility index (Phi) is 8.29. The molecule has 0 bridgehead atoms. The lowest BCUT2D eigenvalue weighted by atomic mass is 10.3. The van der Waals surface area contributed by atoms with Gasteiger partial charge < -0.3 is 9.47 Å². The molecule has 0 aliphatic heterocycles. The summed E-state index contributed by atoms with van der Waals surface area (Å²) in [4.78, 5) is 35.4. The summed E-state index contributed by atoms with van der Waals surface area (Å²) in [5.74, 6) is -0.542. The molecule has 1 aromatic carbocycles. The third-order valence-corrected chi connectivity index (χ3v) is 5.10. The molecule has 3 rings (SSSR count). The summed E-state index contributed by atoms with van der Waals surface area (Å²) in [6, 6.07) is 7.31. The molecule has 0 saturated heterocycles. The van der Waals surface area contributed by atoms with E-state index in [9.17, 15) is 14.4 Å². The molecule has 34 heavy (non-hydrogen) atoms. The van der Waals surface area contributed by atoms with Crippen LogP contribution in [0.4, 0.5) is 10.5 Å². The number of carbonyl (C=O) groups is 2. The quantitative estimate of drug-likeness (QED) is 0.418. The van der Waals surface area contributed by atoms with Gasteiger partial charge in [0.15, 0.2) is 5.75 Å². The number of amides is 2. The predicted molar refractivity (Wildman–Crippen MR) is 127 cm³/mol. The number of halogens is 2. The molecule has 0 unspecified atom stereocenters. The van der Waals surface area contributed by atoms with E-state index in [1.54, 1.807) is 19.2 Å². The molecule has 12 heteroatoms. The molecule has 0 spiro atoms. The standard InChI is InChI=1S/C22H19Cl2N5O5/c1-2-33-22(32)26-21(31)18(11-25)28-27-13-9-16(23)20(17(24)10-13)34-15-7-8-19(30)29(12-15)14-5-3-4-6-14/h5,7-10,12,27H,2-4,6H2,1H3,(H,26,31,32)/b28-18+. The second kappa shape index (κ2) is 11.4. The Hall–Kier alpha value is -3.81. The second-order valence-corrected chi connectivity index (χ2v) is 7.70. The Bertz CT molecular complexity index is 1260. The smallest absolute Gasteiger partial charge is 0.414 e. The number of pyridine rings is 1. The maximum atomic E-state index is 12.2. The largest absolute Gasteiger partial charge is 0.453 e. The van der Waals surface area contributed by atoms with Crippen LogP contribution >= 0.6 is 23.2 Å². The fourth-order valence-corrected chi connectivity index (χ4v) is 3.60. The number of nitriles is 1. The number of allylic oxidation sites excluding steroid dienone is 2. The van der Waals surface area contributed by atoms with Crippen LogP contribution in [0.3, 0.4) is 0 Å². The molecule has 2 N–H and O–H groups in total. The molecule has 0 saturated carbocycles. The highest BCUT2D eigenvalue weighted by atomic mass is 35.5. The van der Waals surface area contributed by atoms with E-state index in [-0.39, 0.29) is 33.6 Å². The van der Waals surface area contributed by atoms with Crippen LogP contribution in [0.2, 0.25) is 10.0 Å². The zero-order chi connectivity index (χ0) is 24.7. The van der Waals surface area contributed by atoms with Crippen LogP contribution in [0.25, 0.3) is 5.70 Å². The Labute approximate surface area is 204 Å². The van der Waals surface area contributed by atoms with E-state index >= 15 is 0 Å². The lowest BCUT2D eigenvalue weighted by Gasteiger charge is -2.13. The van der Waals surface area contributed by atoms with E-state index in [1.807, 2.05) is 11.4 Å². The van der Waals surface area contributed by atoms with Crippen molar-refractivity contribution in [1.82, 2.24) is 9.88 Å². The first-order chi connectivity index (χ1) is 16.3. The molecule has 0 fully saturated rings. The van der Waals surface area contributed by atoms with E-state index in [0.29, 0.717) is 5.75 Å². The number of ether oxygens (including phenoxy) is 2. The van der Waals surface area contributed by atoms with Gasteiger partial charge in [0.05, 0.1) is 28.5 Å². The van der Waals surface area contributed by atoms with Gasteiger partial charge >= 0.3 is 6.09 Å². The maximum Gasteiger partial charge on any atom is 0.414 e. The summed E-state index contributed by atoms with van der Waals surface area (Å²) in [7, 11) is 0. The molecule has 1 aliphatic rings. The Morgan fingerprint density at radius 1 is 1.26 bits per heavy atom. The molecule has 0 radical (unpaired) electrons. The molecule has 176 valence electrons. The minimum Gasteiger partial charge on any atom is -0.453 e. The summed E-state index contributed by atoms with van der Waals surface area (Å²) in [6.07, 6.45) is 5.28. The fourth-order valence-electron chi connectivity index (χ4n) is 3.03. The Morgan fingerprint density at radius 3 is 2.62 bits per heavy atom. The third kappa shape index (κ3) is 6.15. The van der Waals surface area contributed by atoms with Gasteiger partial charge in [0, 0.05) is 11.8 Å². The summed E-state index contributed by atoms with van der Waals surface area (Å²) < 4.78 is 11.9. The van der Waals surface area contributed by atoms with Gasteiger partial charge in [-0.2, -0.15) is 10.4 Å². The molecule has 1 aliphatic carbocycles. The Balaban J connectivity index is 1.76. The normalized spacial score (nSPS) is 13.0. The van der Waals surface area contributed by atoms with Crippen LogP contribution in [-0.2, 0) is 9.53 Å². The number of carbonyl (C=O) groups excluding carboxylic acids is 2. The van der Waals surface area contributed by atoms with E-state index in [1.165, 1.54) is 28.8 Å². The monoisotopic (exact) mass is 503 g/mol. The molecule has 2 aromatic rings. The van der Waals surface area contributed by atoms with Gasteiger partial charge in [-0.3, -0.25) is 24.9 Å².